The van der Waals surface area contributed by atoms with E-state index in [2.05, 4.69) is 10.3 Å². The van der Waals surface area contributed by atoms with Gasteiger partial charge in [-0.2, -0.15) is 0 Å². The molecule has 0 fully saturated rings. The van der Waals surface area contributed by atoms with E-state index in [9.17, 15) is 14.7 Å². The lowest BCUT2D eigenvalue weighted by molar-refractivity contribution is 0.0615. The Morgan fingerprint density at radius 1 is 1.23 bits per heavy atom. The first kappa shape index (κ1) is 29.9. The highest BCUT2D eigenvalue weighted by molar-refractivity contribution is 7.19. The maximum absolute atomic E-state index is 13.6. The molecule has 212 valence electrons. The SMILES string of the molecule is COCCOCc1c(CN(C)CC(O)c2ccccn2)sc2c(=O)c(C(=O)NCc3ccc(Cl)cc3)cn(C)c12. The average molecular weight is 585 g/mol. The number of pyridine rings is 2. The van der Waals surface area contributed by atoms with Gasteiger partial charge < -0.3 is 24.5 Å². The summed E-state index contributed by atoms with van der Waals surface area (Å²) in [6.07, 6.45) is 2.47. The maximum atomic E-state index is 13.6. The van der Waals surface area contributed by atoms with Crippen molar-refractivity contribution >= 4 is 39.1 Å². The third-order valence-electron chi connectivity index (χ3n) is 6.41. The Morgan fingerprint density at radius 3 is 2.70 bits per heavy atom. The minimum atomic E-state index is -0.760. The van der Waals surface area contributed by atoms with Gasteiger partial charge in [-0.1, -0.05) is 29.8 Å². The number of aliphatic hydroxyl groups excluding tert-OH is 1. The van der Waals surface area contributed by atoms with Crippen LogP contribution in [0, 0.1) is 0 Å². The summed E-state index contributed by atoms with van der Waals surface area (Å²) in [5, 5.41) is 14.1. The predicted octanol–water partition coefficient (Wildman–Crippen LogP) is 3.91. The zero-order chi connectivity index (χ0) is 28.6. The standard InChI is InChI=1S/C29H33ClN4O5S/c1-33(16-24(35)23-6-4-5-11-31-23)17-25-22(18-39-13-12-38-3)26-28(40-25)27(36)21(15-34(26)2)29(37)32-14-19-7-9-20(30)10-8-19/h4-11,15,24,35H,12-14,16-18H2,1-3H3,(H,32,37). The number of aliphatic hydroxyl groups is 1. The molecule has 2 N–H and O–H groups in total. The molecule has 0 aliphatic carbocycles. The van der Waals surface area contributed by atoms with Crippen LogP contribution in [0.1, 0.15) is 38.2 Å². The van der Waals surface area contributed by atoms with Crippen LogP contribution >= 0.6 is 22.9 Å². The molecule has 1 aromatic carbocycles. The average Bonchev–Trinajstić information content (AvgIpc) is 3.31. The largest absolute Gasteiger partial charge is 0.385 e. The molecular weight excluding hydrogens is 552 g/mol. The number of carbonyl (C=O) groups is 1. The number of carbonyl (C=O) groups excluding carboxylic acids is 1. The molecule has 0 saturated heterocycles. The van der Waals surface area contributed by atoms with Gasteiger partial charge in [0.1, 0.15) is 11.7 Å². The second kappa shape index (κ2) is 14.0. The van der Waals surface area contributed by atoms with Crippen LogP contribution in [-0.2, 0) is 36.2 Å². The smallest absolute Gasteiger partial charge is 0.257 e. The predicted molar refractivity (Wildman–Crippen MR) is 157 cm³/mol. The van der Waals surface area contributed by atoms with Crippen LogP contribution in [0.15, 0.2) is 59.7 Å². The quantitative estimate of drug-likeness (QED) is 0.230. The fraction of sp³-hybridized carbons (Fsp3) is 0.345. The van der Waals surface area contributed by atoms with Crippen molar-refractivity contribution in [3.63, 3.8) is 0 Å². The van der Waals surface area contributed by atoms with E-state index in [1.807, 2.05) is 41.8 Å². The summed E-state index contributed by atoms with van der Waals surface area (Å²) in [5.74, 6) is -0.444. The van der Waals surface area contributed by atoms with Crippen LogP contribution in [0.4, 0.5) is 0 Å². The molecule has 4 rings (SSSR count). The van der Waals surface area contributed by atoms with Crippen molar-refractivity contribution in [1.29, 1.82) is 0 Å². The number of likely N-dealkylation sites (N-methyl/N-ethyl adjacent to an activating group) is 1. The van der Waals surface area contributed by atoms with Crippen molar-refractivity contribution in [2.24, 2.45) is 7.05 Å². The lowest BCUT2D eigenvalue weighted by atomic mass is 10.1. The number of hydrogen-bond acceptors (Lipinski definition) is 8. The Hall–Kier alpha value is -3.12. The fourth-order valence-electron chi connectivity index (χ4n) is 4.37. The van der Waals surface area contributed by atoms with Crippen LogP contribution in [-0.4, -0.2) is 59.4 Å². The number of thiophene rings is 1. The molecule has 3 aromatic heterocycles. The molecule has 0 saturated carbocycles. The van der Waals surface area contributed by atoms with E-state index in [0.29, 0.717) is 41.7 Å². The van der Waals surface area contributed by atoms with Gasteiger partial charge in [-0.15, -0.1) is 11.3 Å². The van der Waals surface area contributed by atoms with Crippen molar-refractivity contribution < 1.29 is 19.4 Å². The van der Waals surface area contributed by atoms with Gasteiger partial charge in [-0.3, -0.25) is 19.5 Å². The summed E-state index contributed by atoms with van der Waals surface area (Å²) >= 11 is 7.30. The molecule has 1 atom stereocenters. The molecule has 11 heteroatoms. The molecular formula is C29H33ClN4O5S. The van der Waals surface area contributed by atoms with Gasteiger partial charge in [0.2, 0.25) is 5.43 Å². The number of halogens is 1. The van der Waals surface area contributed by atoms with Crippen molar-refractivity contribution in [2.75, 3.05) is 33.9 Å². The van der Waals surface area contributed by atoms with Gasteiger partial charge in [-0.25, -0.2) is 0 Å². The number of aryl methyl sites for hydroxylation is 1. The summed E-state index contributed by atoms with van der Waals surface area (Å²) in [5.41, 5.74) is 2.82. The molecule has 0 aliphatic rings. The van der Waals surface area contributed by atoms with E-state index in [1.165, 1.54) is 11.3 Å². The highest BCUT2D eigenvalue weighted by Crippen LogP contribution is 2.31. The van der Waals surface area contributed by atoms with Crippen LogP contribution < -0.4 is 10.7 Å². The van der Waals surface area contributed by atoms with Crippen molar-refractivity contribution in [2.45, 2.75) is 25.8 Å². The van der Waals surface area contributed by atoms with Gasteiger partial charge in [-0.05, 0) is 36.9 Å². The highest BCUT2D eigenvalue weighted by Gasteiger charge is 2.23. The lowest BCUT2D eigenvalue weighted by Gasteiger charge is -2.20. The van der Waals surface area contributed by atoms with E-state index in [4.69, 9.17) is 21.1 Å². The zero-order valence-electron chi connectivity index (χ0n) is 22.7. The van der Waals surface area contributed by atoms with Gasteiger partial charge in [0.05, 0.1) is 35.7 Å². The number of methoxy groups -OCH3 is 1. The lowest BCUT2D eigenvalue weighted by Crippen LogP contribution is -2.29. The Labute approximate surface area is 241 Å². The third kappa shape index (κ3) is 7.34. The van der Waals surface area contributed by atoms with Crippen molar-refractivity contribution in [3.05, 3.63) is 97.4 Å². The van der Waals surface area contributed by atoms with E-state index in [-0.39, 0.29) is 24.1 Å². The minimum absolute atomic E-state index is 0.0718. The monoisotopic (exact) mass is 584 g/mol. The van der Waals surface area contributed by atoms with Gasteiger partial charge >= 0.3 is 0 Å². The number of aromatic nitrogens is 2. The van der Waals surface area contributed by atoms with Crippen LogP contribution in [0.3, 0.4) is 0 Å². The number of rotatable bonds is 13. The maximum Gasteiger partial charge on any atom is 0.257 e. The molecule has 4 aromatic rings. The van der Waals surface area contributed by atoms with E-state index in [0.717, 1.165) is 21.5 Å². The van der Waals surface area contributed by atoms with Crippen molar-refractivity contribution in [1.82, 2.24) is 19.8 Å². The van der Waals surface area contributed by atoms with E-state index < -0.39 is 12.0 Å². The molecule has 3 heterocycles. The molecule has 9 nitrogen and oxygen atoms in total. The number of amides is 1. The molecule has 0 bridgehead atoms. The normalized spacial score (nSPS) is 12.2. The van der Waals surface area contributed by atoms with E-state index in [1.54, 1.807) is 43.8 Å². The number of nitrogens with zero attached hydrogens (tertiary/aromatic N) is 3. The second-order valence-electron chi connectivity index (χ2n) is 9.49. The number of nitrogens with one attached hydrogen (secondary N) is 1. The number of hydrogen-bond donors (Lipinski definition) is 2. The highest BCUT2D eigenvalue weighted by atomic mass is 35.5. The Kier molecular flexibility index (Phi) is 10.4. The zero-order valence-corrected chi connectivity index (χ0v) is 24.3. The molecule has 0 radical (unpaired) electrons. The Balaban J connectivity index is 1.60. The molecule has 1 amide bonds. The minimum Gasteiger partial charge on any atom is -0.385 e. The number of ether oxygens (including phenoxy) is 2. The number of fused-ring (bicyclic) bond motifs is 1. The van der Waals surface area contributed by atoms with Crippen LogP contribution in [0.25, 0.3) is 10.2 Å². The number of benzene rings is 1. The second-order valence-corrected chi connectivity index (χ2v) is 11.0. The summed E-state index contributed by atoms with van der Waals surface area (Å²) in [6, 6.07) is 12.6. The first-order valence-electron chi connectivity index (χ1n) is 12.8. The summed E-state index contributed by atoms with van der Waals surface area (Å²) in [6.45, 7) is 2.23. The van der Waals surface area contributed by atoms with Gasteiger partial charge in [0, 0.05) is 61.6 Å². The summed E-state index contributed by atoms with van der Waals surface area (Å²) in [4.78, 5) is 33.8. The topological polar surface area (TPSA) is 106 Å². The summed E-state index contributed by atoms with van der Waals surface area (Å²) in [7, 11) is 5.33. The molecule has 1 unspecified atom stereocenters. The van der Waals surface area contributed by atoms with Gasteiger partial charge in [0.15, 0.2) is 0 Å². The summed E-state index contributed by atoms with van der Waals surface area (Å²) < 4.78 is 13.3. The third-order valence-corrected chi connectivity index (χ3v) is 7.86. The fourth-order valence-corrected chi connectivity index (χ4v) is 5.88. The molecule has 40 heavy (non-hydrogen) atoms. The van der Waals surface area contributed by atoms with Gasteiger partial charge in [0.25, 0.3) is 5.91 Å². The molecule has 0 spiro atoms. The van der Waals surface area contributed by atoms with Crippen LogP contribution in [0.2, 0.25) is 5.02 Å². The Bertz CT molecular complexity index is 1490. The first-order chi connectivity index (χ1) is 19.3. The Morgan fingerprint density at radius 2 is 2.00 bits per heavy atom. The molecule has 0 aliphatic heterocycles. The van der Waals surface area contributed by atoms with Crippen molar-refractivity contribution in [3.8, 4) is 0 Å². The van der Waals surface area contributed by atoms with Crippen LogP contribution in [0.5, 0.6) is 0 Å². The van der Waals surface area contributed by atoms with E-state index >= 15 is 0 Å². The first-order valence-corrected chi connectivity index (χ1v) is 14.0.